The smallest absolute Gasteiger partial charge is 0.0512 e. The average molecular weight is 235 g/mol. The van der Waals surface area contributed by atoms with E-state index in [9.17, 15) is 0 Å². The lowest BCUT2D eigenvalue weighted by molar-refractivity contribution is 0.583. The number of nitrogens with one attached hydrogen (secondary N) is 1. The molecular weight excluding hydrogens is 218 g/mol. The first-order valence-corrected chi connectivity index (χ1v) is 6.48. The van der Waals surface area contributed by atoms with Crippen molar-refractivity contribution in [1.29, 1.82) is 0 Å². The molecule has 3 rings (SSSR count). The maximum atomic E-state index is 3.56. The molecule has 0 spiro atoms. The third-order valence-corrected chi connectivity index (χ3v) is 3.43. The Bertz CT molecular complexity index is 543. The van der Waals surface area contributed by atoms with E-state index in [0.717, 1.165) is 13.0 Å². The standard InChI is InChI=1S/C17H17N/c1-2-6-14(7-3-1)10-11-17-16-9-5-4-8-15(16)12-13-18-17/h1-11,17-18H,12-13H2/b11-10+. The molecule has 0 aliphatic carbocycles. The second-order valence-corrected chi connectivity index (χ2v) is 4.65. The van der Waals surface area contributed by atoms with E-state index in [1.807, 2.05) is 6.07 Å². The zero-order valence-electron chi connectivity index (χ0n) is 10.3. The van der Waals surface area contributed by atoms with Crippen molar-refractivity contribution in [2.45, 2.75) is 12.5 Å². The van der Waals surface area contributed by atoms with E-state index < -0.39 is 0 Å². The van der Waals surface area contributed by atoms with Crippen LogP contribution in [0.25, 0.3) is 6.08 Å². The summed E-state index contributed by atoms with van der Waals surface area (Å²) in [6.07, 6.45) is 5.58. The van der Waals surface area contributed by atoms with Gasteiger partial charge in [0.1, 0.15) is 0 Å². The van der Waals surface area contributed by atoms with Crippen LogP contribution < -0.4 is 5.32 Å². The summed E-state index contributed by atoms with van der Waals surface area (Å²) in [5.74, 6) is 0. The SMILES string of the molecule is C(=C\C1NCCc2ccccc21)/c1ccccc1. The first-order chi connectivity index (χ1) is 8.93. The van der Waals surface area contributed by atoms with Gasteiger partial charge in [-0.25, -0.2) is 0 Å². The topological polar surface area (TPSA) is 12.0 Å². The van der Waals surface area contributed by atoms with Gasteiger partial charge in [-0.05, 0) is 23.1 Å². The Morgan fingerprint density at radius 3 is 2.61 bits per heavy atom. The van der Waals surface area contributed by atoms with E-state index in [1.165, 1.54) is 16.7 Å². The lowest BCUT2D eigenvalue weighted by Crippen LogP contribution is -2.28. The highest BCUT2D eigenvalue weighted by atomic mass is 14.9. The van der Waals surface area contributed by atoms with Crippen LogP contribution in [0.15, 0.2) is 60.7 Å². The van der Waals surface area contributed by atoms with Gasteiger partial charge in [-0.1, -0.05) is 66.7 Å². The normalized spacial score (nSPS) is 18.8. The maximum Gasteiger partial charge on any atom is 0.0512 e. The summed E-state index contributed by atoms with van der Waals surface area (Å²) in [4.78, 5) is 0. The first kappa shape index (κ1) is 11.2. The summed E-state index contributed by atoms with van der Waals surface area (Å²) in [6.45, 7) is 1.06. The molecule has 1 heteroatoms. The van der Waals surface area contributed by atoms with E-state index >= 15 is 0 Å². The van der Waals surface area contributed by atoms with E-state index in [4.69, 9.17) is 0 Å². The van der Waals surface area contributed by atoms with Gasteiger partial charge in [-0.15, -0.1) is 0 Å². The molecule has 1 aliphatic rings. The van der Waals surface area contributed by atoms with Crippen LogP contribution in [-0.2, 0) is 6.42 Å². The van der Waals surface area contributed by atoms with E-state index in [1.54, 1.807) is 0 Å². The minimum atomic E-state index is 0.343. The number of benzene rings is 2. The number of hydrogen-bond acceptors (Lipinski definition) is 1. The van der Waals surface area contributed by atoms with Crippen LogP contribution in [0, 0.1) is 0 Å². The van der Waals surface area contributed by atoms with Gasteiger partial charge < -0.3 is 5.32 Å². The predicted octanol–water partition coefficient (Wildman–Crippen LogP) is 3.59. The van der Waals surface area contributed by atoms with E-state index in [-0.39, 0.29) is 0 Å². The third kappa shape index (κ3) is 2.36. The van der Waals surface area contributed by atoms with Gasteiger partial charge in [-0.2, -0.15) is 0 Å². The van der Waals surface area contributed by atoms with Crippen LogP contribution in [0.5, 0.6) is 0 Å². The molecule has 0 saturated carbocycles. The molecule has 1 unspecified atom stereocenters. The summed E-state index contributed by atoms with van der Waals surface area (Å²) in [6, 6.07) is 19.5. The monoisotopic (exact) mass is 235 g/mol. The van der Waals surface area contributed by atoms with Crippen LogP contribution in [0.1, 0.15) is 22.7 Å². The van der Waals surface area contributed by atoms with Crippen LogP contribution >= 0.6 is 0 Å². The lowest BCUT2D eigenvalue weighted by atomic mass is 9.94. The van der Waals surface area contributed by atoms with Gasteiger partial charge in [0.2, 0.25) is 0 Å². The van der Waals surface area contributed by atoms with Crippen molar-refractivity contribution in [2.24, 2.45) is 0 Å². The van der Waals surface area contributed by atoms with E-state index in [0.29, 0.717) is 6.04 Å². The van der Waals surface area contributed by atoms with Crippen molar-refractivity contribution in [1.82, 2.24) is 5.32 Å². The summed E-state index contributed by atoms with van der Waals surface area (Å²) in [7, 11) is 0. The minimum Gasteiger partial charge on any atom is -0.306 e. The molecule has 0 radical (unpaired) electrons. The molecule has 2 aromatic carbocycles. The summed E-state index contributed by atoms with van der Waals surface area (Å²) in [5.41, 5.74) is 4.14. The molecule has 0 saturated heterocycles. The van der Waals surface area contributed by atoms with E-state index in [2.05, 4.69) is 66.0 Å². The summed E-state index contributed by atoms with van der Waals surface area (Å²) >= 11 is 0. The number of hydrogen-bond donors (Lipinski definition) is 1. The van der Waals surface area contributed by atoms with Crippen molar-refractivity contribution < 1.29 is 0 Å². The fourth-order valence-electron chi connectivity index (χ4n) is 2.48. The molecule has 0 amide bonds. The van der Waals surface area contributed by atoms with Crippen molar-refractivity contribution >= 4 is 6.08 Å². The molecule has 1 N–H and O–H groups in total. The highest BCUT2D eigenvalue weighted by Gasteiger charge is 2.15. The second-order valence-electron chi connectivity index (χ2n) is 4.65. The van der Waals surface area contributed by atoms with Gasteiger partial charge in [0.25, 0.3) is 0 Å². The van der Waals surface area contributed by atoms with Crippen LogP contribution in [0.4, 0.5) is 0 Å². The largest absolute Gasteiger partial charge is 0.306 e. The van der Waals surface area contributed by atoms with Crippen molar-refractivity contribution in [3.8, 4) is 0 Å². The molecule has 90 valence electrons. The Morgan fingerprint density at radius 1 is 0.944 bits per heavy atom. The van der Waals surface area contributed by atoms with Crippen LogP contribution in [0.3, 0.4) is 0 Å². The zero-order chi connectivity index (χ0) is 12.2. The van der Waals surface area contributed by atoms with Crippen molar-refractivity contribution in [3.63, 3.8) is 0 Å². The van der Waals surface area contributed by atoms with Crippen LogP contribution in [-0.4, -0.2) is 6.54 Å². The van der Waals surface area contributed by atoms with Gasteiger partial charge >= 0.3 is 0 Å². The van der Waals surface area contributed by atoms with Crippen LogP contribution in [0.2, 0.25) is 0 Å². The molecule has 1 atom stereocenters. The Labute approximate surface area is 108 Å². The zero-order valence-corrected chi connectivity index (χ0v) is 10.3. The van der Waals surface area contributed by atoms with Crippen molar-refractivity contribution in [2.75, 3.05) is 6.54 Å². The Morgan fingerprint density at radius 2 is 1.72 bits per heavy atom. The molecule has 1 nitrogen and oxygen atoms in total. The molecule has 1 aliphatic heterocycles. The highest BCUT2D eigenvalue weighted by molar-refractivity contribution is 5.51. The Kier molecular flexibility index (Phi) is 3.24. The Balaban J connectivity index is 1.85. The molecule has 18 heavy (non-hydrogen) atoms. The molecular formula is C17H17N. The summed E-state index contributed by atoms with van der Waals surface area (Å²) in [5, 5.41) is 3.56. The molecule has 1 heterocycles. The molecule has 0 aromatic heterocycles. The fraction of sp³-hybridized carbons (Fsp3) is 0.176. The Hall–Kier alpha value is -1.86. The predicted molar refractivity (Wildman–Crippen MR) is 76.4 cm³/mol. The van der Waals surface area contributed by atoms with Gasteiger partial charge in [0.15, 0.2) is 0 Å². The van der Waals surface area contributed by atoms with Gasteiger partial charge in [-0.3, -0.25) is 0 Å². The quantitative estimate of drug-likeness (QED) is 0.838. The first-order valence-electron chi connectivity index (χ1n) is 6.48. The summed E-state index contributed by atoms with van der Waals surface area (Å²) < 4.78 is 0. The van der Waals surface area contributed by atoms with Gasteiger partial charge in [0.05, 0.1) is 6.04 Å². The van der Waals surface area contributed by atoms with Gasteiger partial charge in [0, 0.05) is 6.54 Å². The maximum absolute atomic E-state index is 3.56. The highest BCUT2D eigenvalue weighted by Crippen LogP contribution is 2.24. The molecule has 0 bridgehead atoms. The lowest BCUT2D eigenvalue weighted by Gasteiger charge is -2.24. The van der Waals surface area contributed by atoms with Crippen molar-refractivity contribution in [3.05, 3.63) is 77.4 Å². The average Bonchev–Trinajstić information content (AvgIpc) is 2.46. The fourth-order valence-corrected chi connectivity index (χ4v) is 2.48. The number of rotatable bonds is 2. The molecule has 0 fully saturated rings. The molecule has 2 aromatic rings. The second kappa shape index (κ2) is 5.19. The minimum absolute atomic E-state index is 0.343. The number of fused-ring (bicyclic) bond motifs is 1. The third-order valence-electron chi connectivity index (χ3n) is 3.43.